The summed E-state index contributed by atoms with van der Waals surface area (Å²) < 4.78 is 106. The minimum atomic E-state index is -5.99. The lowest BCUT2D eigenvalue weighted by Crippen LogP contribution is -2.60. The monoisotopic (exact) mass is 872 g/mol. The van der Waals surface area contributed by atoms with Gasteiger partial charge in [0, 0.05) is 65.1 Å². The number of alkyl halides is 5. The third-order valence-corrected chi connectivity index (χ3v) is 17.9. The van der Waals surface area contributed by atoms with Crippen molar-refractivity contribution in [2.75, 3.05) is 18.1 Å². The summed E-state index contributed by atoms with van der Waals surface area (Å²) in [5.41, 5.74) is -0.960. The van der Waals surface area contributed by atoms with Crippen LogP contribution in [0.2, 0.25) is 0 Å². The first kappa shape index (κ1) is 45.4. The minimum Gasteiger partial charge on any atom is -0.743 e. The topological polar surface area (TPSA) is 144 Å². The quantitative estimate of drug-likeness (QED) is 0.0992. The van der Waals surface area contributed by atoms with Crippen LogP contribution >= 0.6 is 0 Å². The van der Waals surface area contributed by atoms with Crippen molar-refractivity contribution >= 4 is 55.1 Å². The molecule has 0 N–H and O–H groups in total. The molecule has 1 saturated heterocycles. The number of fused-ring (bicyclic) bond motifs is 6. The molecule has 4 saturated carbocycles. The lowest BCUT2D eigenvalue weighted by Gasteiger charge is -2.58. The third kappa shape index (κ3) is 8.96. The van der Waals surface area contributed by atoms with E-state index in [1.165, 1.54) is 29.2 Å². The first-order valence-electron chi connectivity index (χ1n) is 20.5. The molecule has 59 heavy (non-hydrogen) atoms. The van der Waals surface area contributed by atoms with Crippen molar-refractivity contribution in [1.29, 1.82) is 0 Å². The summed E-state index contributed by atoms with van der Waals surface area (Å²) in [7, 11) is -5.76. The predicted octanol–water partition coefficient (Wildman–Crippen LogP) is 8.61. The molecule has 5 aliphatic rings. The van der Waals surface area contributed by atoms with E-state index in [1.807, 2.05) is 44.2 Å². The Morgan fingerprint density at radius 2 is 1.59 bits per heavy atom. The molecule has 9 atom stereocenters. The van der Waals surface area contributed by atoms with Gasteiger partial charge in [0.25, 0.3) is 0 Å². The average molecular weight is 873 g/mol. The van der Waals surface area contributed by atoms with Crippen LogP contribution in [0.3, 0.4) is 0 Å². The third-order valence-electron chi connectivity index (χ3n) is 14.4. The lowest BCUT2D eigenvalue weighted by molar-refractivity contribution is -0.166. The maximum Gasteiger partial charge on any atom is 0.422 e. The highest BCUT2D eigenvalue weighted by Crippen LogP contribution is 2.66. The fourth-order valence-corrected chi connectivity index (χ4v) is 14.1. The highest BCUT2D eigenvalue weighted by molar-refractivity contribution is 7.97. The predicted molar refractivity (Wildman–Crippen MR) is 210 cm³/mol. The van der Waals surface area contributed by atoms with E-state index in [4.69, 9.17) is 4.74 Å². The number of hydrogen-bond donors (Lipinski definition) is 0. The zero-order valence-electron chi connectivity index (χ0n) is 33.8. The van der Waals surface area contributed by atoms with E-state index in [0.717, 1.165) is 10.8 Å². The summed E-state index contributed by atoms with van der Waals surface area (Å²) in [5.74, 6) is 1.39. The number of ether oxygens (including phenoxy) is 2. The number of halogens is 5. The normalized spacial score (nSPS) is 31.1. The molecular weight excluding hydrogens is 820 g/mol. The second kappa shape index (κ2) is 17.0. The summed E-state index contributed by atoms with van der Waals surface area (Å²) in [6.07, 6.45) is -0.629. The van der Waals surface area contributed by atoms with Gasteiger partial charge in [-0.2, -0.15) is 22.0 Å². The molecule has 0 amide bonds. The average Bonchev–Trinajstić information content (AvgIpc) is 3.82. The summed E-state index contributed by atoms with van der Waals surface area (Å²) in [6.45, 7) is 5.37. The van der Waals surface area contributed by atoms with Crippen molar-refractivity contribution in [2.24, 2.45) is 46.3 Å². The van der Waals surface area contributed by atoms with Crippen LogP contribution in [0.5, 0.6) is 5.75 Å². The number of esters is 1. The minimum absolute atomic E-state index is 0.0110. The van der Waals surface area contributed by atoms with Gasteiger partial charge in [-0.25, -0.2) is 8.42 Å². The van der Waals surface area contributed by atoms with Gasteiger partial charge in [0.2, 0.25) is 0 Å². The summed E-state index contributed by atoms with van der Waals surface area (Å²) in [5, 5.41) is -2.93. The Hall–Kier alpha value is -3.11. The second-order valence-electron chi connectivity index (χ2n) is 17.7. The molecule has 2 aromatic rings. The number of rotatable bonds is 10. The smallest absolute Gasteiger partial charge is 0.422 e. The van der Waals surface area contributed by atoms with Crippen LogP contribution in [0.1, 0.15) is 98.3 Å². The Bertz CT molecular complexity index is 2050. The van der Waals surface area contributed by atoms with Crippen LogP contribution in [-0.4, -0.2) is 71.9 Å². The molecule has 5 fully saturated rings. The Kier molecular flexibility index (Phi) is 13.1. The molecule has 1 heterocycles. The zero-order chi connectivity index (χ0) is 43.3. The van der Waals surface area contributed by atoms with E-state index in [0.29, 0.717) is 57.6 Å². The van der Waals surface area contributed by atoms with E-state index < -0.39 is 45.6 Å². The first-order valence-corrected chi connectivity index (χ1v) is 23.4. The Morgan fingerprint density at radius 3 is 2.24 bits per heavy atom. The number of hydrogen-bond acceptors (Lipinski definition) is 9. The van der Waals surface area contributed by atoms with E-state index in [2.05, 4.69) is 11.7 Å². The molecule has 7 rings (SSSR count). The van der Waals surface area contributed by atoms with E-state index in [1.54, 1.807) is 6.07 Å². The van der Waals surface area contributed by atoms with Crippen LogP contribution in [-0.2, 0) is 44.9 Å². The van der Waals surface area contributed by atoms with Crippen LogP contribution in [0.25, 0.3) is 10.8 Å². The molecule has 326 valence electrons. The molecule has 0 spiro atoms. The molecule has 4 aliphatic carbocycles. The molecule has 0 bridgehead atoms. The highest BCUT2D eigenvalue weighted by atomic mass is 32.2. The van der Waals surface area contributed by atoms with Crippen LogP contribution < -0.4 is 4.74 Å². The highest BCUT2D eigenvalue weighted by Gasteiger charge is 2.66. The maximum absolute atomic E-state index is 13.8. The van der Waals surface area contributed by atoms with Gasteiger partial charge in [0.15, 0.2) is 27.7 Å². The van der Waals surface area contributed by atoms with Gasteiger partial charge in [-0.15, -0.1) is 0 Å². The van der Waals surface area contributed by atoms with Crippen LogP contribution in [0.15, 0.2) is 41.3 Å². The Balaban J connectivity index is 0.000000234. The number of carbonyl (C=O) groups excluding carboxylic acids is 4. The Morgan fingerprint density at radius 1 is 0.932 bits per heavy atom. The largest absolute Gasteiger partial charge is 0.743 e. The fraction of sp³-hybridized carbons (Fsp3) is 0.674. The molecule has 1 unspecified atom stereocenters. The fourth-order valence-electron chi connectivity index (χ4n) is 11.1. The van der Waals surface area contributed by atoms with Crippen LogP contribution in [0.4, 0.5) is 22.0 Å². The van der Waals surface area contributed by atoms with Crippen molar-refractivity contribution in [3.8, 4) is 5.75 Å². The van der Waals surface area contributed by atoms with Crippen molar-refractivity contribution in [3.05, 3.63) is 36.4 Å². The number of ketones is 3. The zero-order valence-corrected chi connectivity index (χ0v) is 35.4. The van der Waals surface area contributed by atoms with Crippen molar-refractivity contribution in [1.82, 2.24) is 0 Å². The van der Waals surface area contributed by atoms with Crippen molar-refractivity contribution in [2.45, 2.75) is 121 Å². The summed E-state index contributed by atoms with van der Waals surface area (Å²) in [4.78, 5) is 52.9. The van der Waals surface area contributed by atoms with Gasteiger partial charge in [-0.05, 0) is 98.7 Å². The van der Waals surface area contributed by atoms with Gasteiger partial charge in [-0.1, -0.05) is 39.0 Å². The molecule has 9 nitrogen and oxygen atoms in total. The standard InChI is InChI=1S/C27H38F2O8S.C16H16F3OS/c1-14(5-8-23(33)37-15(2)27(28,29)38(34,35)36)18-6-7-19-24-20(13-22(32)26(18,19)4)25(3)10-9-17(30)11-16(25)12-21(24)31;17-16(18,19)11-20-14-7-8-15(21-9-3-4-10-21)13-6-2-1-5-12(13)14/h14-16,18-20,24H,5-13H2,1-4H3,(H,34,35,36);1-2,5-8H,3-4,9-11H2/q;+1/p-1/t14-,15?,16+,18-,19+,20+,24+,25+,26-;/m1./s1. The number of benzene rings is 2. The van der Waals surface area contributed by atoms with Gasteiger partial charge < -0.3 is 14.0 Å². The maximum atomic E-state index is 13.8. The van der Waals surface area contributed by atoms with E-state index in [9.17, 15) is 54.1 Å². The first-order chi connectivity index (χ1) is 27.5. The van der Waals surface area contributed by atoms with E-state index in [-0.39, 0.29) is 82.0 Å². The van der Waals surface area contributed by atoms with Crippen LogP contribution in [0, 0.1) is 46.3 Å². The molecule has 16 heteroatoms. The Labute approximate surface area is 345 Å². The molecule has 2 aromatic carbocycles. The SMILES string of the molecule is CC(OC(=O)CC[C@@H](C)[C@H]1CC[C@H]2[C@@H]3C(=O)C[C@@H]4CC(=O)CC[C@]4(C)[C@H]3CC(=O)[C@]12C)C(F)(F)S(=O)(=O)[O-].FC(F)(F)COc1ccc([S+]2CCCC2)c2ccccc12. The summed E-state index contributed by atoms with van der Waals surface area (Å²) in [6, 6.07) is 11.2. The van der Waals surface area contributed by atoms with Gasteiger partial charge in [0.05, 0.1) is 0 Å². The van der Waals surface area contributed by atoms with E-state index >= 15 is 0 Å². The lowest BCUT2D eigenvalue weighted by atomic mass is 9.44. The van der Waals surface area contributed by atoms with Gasteiger partial charge in [0.1, 0.15) is 34.6 Å². The molecular formula is C43H53F5O9S2. The summed E-state index contributed by atoms with van der Waals surface area (Å²) >= 11 is 0. The second-order valence-corrected chi connectivity index (χ2v) is 21.4. The molecule has 0 aromatic heterocycles. The number of carbonyl (C=O) groups is 4. The molecule has 0 radical (unpaired) electrons. The number of Topliss-reactive ketones (excluding diaryl/α,β-unsaturated/α-hetero) is 3. The van der Waals surface area contributed by atoms with Gasteiger partial charge >= 0.3 is 17.4 Å². The van der Waals surface area contributed by atoms with Crippen molar-refractivity contribution in [3.63, 3.8) is 0 Å². The molecule has 1 aliphatic heterocycles. The van der Waals surface area contributed by atoms with Crippen molar-refractivity contribution < 1.29 is 63.6 Å². The van der Waals surface area contributed by atoms with Gasteiger partial charge in [-0.3, -0.25) is 19.2 Å².